The third-order valence-corrected chi connectivity index (χ3v) is 6.01. The SMILES string of the molecule is O=C(NC(Cn1cc(C2CC2)cn1)C(=O)O)OCC1c2ccccc2-c2ccccc21. The minimum atomic E-state index is -1.13. The molecule has 0 spiro atoms. The summed E-state index contributed by atoms with van der Waals surface area (Å²) in [6, 6.07) is 15.0. The maximum atomic E-state index is 12.4. The summed E-state index contributed by atoms with van der Waals surface area (Å²) in [6.45, 7) is 0.187. The Morgan fingerprint density at radius 2 is 1.74 bits per heavy atom. The minimum absolute atomic E-state index is 0.0479. The average Bonchev–Trinajstić information content (AvgIpc) is 3.44. The van der Waals surface area contributed by atoms with Gasteiger partial charge < -0.3 is 15.2 Å². The van der Waals surface area contributed by atoms with Crippen LogP contribution in [0.1, 0.15) is 41.4 Å². The third-order valence-electron chi connectivity index (χ3n) is 6.01. The summed E-state index contributed by atoms with van der Waals surface area (Å²) in [5.41, 5.74) is 5.61. The lowest BCUT2D eigenvalue weighted by atomic mass is 9.98. The molecule has 1 fully saturated rings. The first-order valence-corrected chi connectivity index (χ1v) is 10.5. The Morgan fingerprint density at radius 3 is 2.35 bits per heavy atom. The predicted octanol–water partition coefficient (Wildman–Crippen LogP) is 3.75. The van der Waals surface area contributed by atoms with Crippen LogP contribution < -0.4 is 5.32 Å². The van der Waals surface area contributed by atoms with Crippen LogP contribution in [0.2, 0.25) is 0 Å². The molecule has 2 N–H and O–H groups in total. The number of fused-ring (bicyclic) bond motifs is 3. The molecule has 0 radical (unpaired) electrons. The van der Waals surface area contributed by atoms with Crippen LogP contribution in [0.15, 0.2) is 60.9 Å². The standard InChI is InChI=1S/C24H23N3O4/c28-23(29)22(13-27-12-16(11-25-27)15-9-10-15)26-24(30)31-14-21-19-7-3-1-5-17(19)18-6-2-4-8-20(18)21/h1-8,11-12,15,21-22H,9-10,13-14H2,(H,26,30)(H,28,29). The fourth-order valence-corrected chi connectivity index (χ4v) is 4.26. The molecule has 1 saturated carbocycles. The number of hydrogen-bond acceptors (Lipinski definition) is 4. The predicted molar refractivity (Wildman–Crippen MR) is 114 cm³/mol. The molecule has 1 aromatic heterocycles. The monoisotopic (exact) mass is 417 g/mol. The van der Waals surface area contributed by atoms with Gasteiger partial charge in [0.05, 0.1) is 12.7 Å². The highest BCUT2D eigenvalue weighted by atomic mass is 16.5. The normalized spacial score (nSPS) is 15.7. The van der Waals surface area contributed by atoms with Gasteiger partial charge in [-0.1, -0.05) is 48.5 Å². The number of hydrogen-bond donors (Lipinski definition) is 2. The number of aromatic nitrogens is 2. The highest BCUT2D eigenvalue weighted by molar-refractivity contribution is 5.81. The van der Waals surface area contributed by atoms with Crippen molar-refractivity contribution in [2.75, 3.05) is 6.61 Å². The Balaban J connectivity index is 1.24. The number of benzene rings is 2. The summed E-state index contributed by atoms with van der Waals surface area (Å²) in [5, 5.41) is 16.2. The number of aliphatic carboxylic acids is 1. The lowest BCUT2D eigenvalue weighted by molar-refractivity contribution is -0.139. The highest BCUT2D eigenvalue weighted by Gasteiger charge is 2.30. The summed E-state index contributed by atoms with van der Waals surface area (Å²) < 4.78 is 7.03. The van der Waals surface area contributed by atoms with E-state index in [2.05, 4.69) is 22.5 Å². The van der Waals surface area contributed by atoms with E-state index in [1.54, 1.807) is 10.9 Å². The number of alkyl carbamates (subject to hydrolysis) is 1. The molecule has 1 heterocycles. The maximum Gasteiger partial charge on any atom is 0.407 e. The number of nitrogens with zero attached hydrogens (tertiary/aromatic N) is 2. The van der Waals surface area contributed by atoms with E-state index >= 15 is 0 Å². The number of carboxylic acid groups (broad SMARTS) is 1. The summed E-state index contributed by atoms with van der Waals surface area (Å²) in [7, 11) is 0. The number of carboxylic acids is 1. The Labute approximate surface area is 179 Å². The van der Waals surface area contributed by atoms with Crippen molar-refractivity contribution >= 4 is 12.1 Å². The van der Waals surface area contributed by atoms with Crippen LogP contribution in [0.4, 0.5) is 4.79 Å². The van der Waals surface area contributed by atoms with E-state index in [0.717, 1.165) is 40.7 Å². The zero-order chi connectivity index (χ0) is 21.4. The first-order valence-electron chi connectivity index (χ1n) is 10.5. The van der Waals surface area contributed by atoms with E-state index in [1.807, 2.05) is 42.6 Å². The van der Waals surface area contributed by atoms with Gasteiger partial charge >= 0.3 is 12.1 Å². The Kier molecular flexibility index (Phi) is 4.94. The van der Waals surface area contributed by atoms with Gasteiger partial charge in [0.25, 0.3) is 0 Å². The molecule has 1 amide bonds. The molecule has 1 atom stereocenters. The minimum Gasteiger partial charge on any atom is -0.480 e. The largest absolute Gasteiger partial charge is 0.480 e. The molecule has 0 aliphatic heterocycles. The van der Waals surface area contributed by atoms with Crippen LogP contribution in [0.3, 0.4) is 0 Å². The number of carbonyl (C=O) groups is 2. The fraction of sp³-hybridized carbons (Fsp3) is 0.292. The van der Waals surface area contributed by atoms with E-state index in [0.29, 0.717) is 5.92 Å². The summed E-state index contributed by atoms with van der Waals surface area (Å²) in [6.07, 6.45) is 5.17. The first-order chi connectivity index (χ1) is 15.1. The molecular formula is C24H23N3O4. The van der Waals surface area contributed by atoms with Gasteiger partial charge in [-0.15, -0.1) is 0 Å². The maximum absolute atomic E-state index is 12.4. The average molecular weight is 417 g/mol. The number of nitrogens with one attached hydrogen (secondary N) is 1. The first kappa shape index (κ1) is 19.4. The Bertz CT molecular complexity index is 1090. The van der Waals surface area contributed by atoms with Crippen molar-refractivity contribution in [2.45, 2.75) is 37.3 Å². The molecule has 31 heavy (non-hydrogen) atoms. The van der Waals surface area contributed by atoms with E-state index in [-0.39, 0.29) is 19.1 Å². The van der Waals surface area contributed by atoms with Gasteiger partial charge in [-0.25, -0.2) is 9.59 Å². The van der Waals surface area contributed by atoms with Crippen LogP contribution in [0.5, 0.6) is 0 Å². The Morgan fingerprint density at radius 1 is 1.10 bits per heavy atom. The van der Waals surface area contributed by atoms with Crippen molar-refractivity contribution in [3.8, 4) is 11.1 Å². The van der Waals surface area contributed by atoms with Crippen LogP contribution in [-0.2, 0) is 16.1 Å². The zero-order valence-corrected chi connectivity index (χ0v) is 16.9. The van der Waals surface area contributed by atoms with Crippen LogP contribution in [0.25, 0.3) is 11.1 Å². The molecule has 2 aliphatic carbocycles. The van der Waals surface area contributed by atoms with Gasteiger partial charge in [-0.05, 0) is 46.6 Å². The van der Waals surface area contributed by atoms with Crippen LogP contribution in [-0.4, -0.2) is 39.6 Å². The molecule has 7 nitrogen and oxygen atoms in total. The summed E-state index contributed by atoms with van der Waals surface area (Å²) in [5.74, 6) is -0.669. The van der Waals surface area contributed by atoms with Gasteiger partial charge in [0.15, 0.2) is 0 Å². The number of ether oxygens (including phenoxy) is 1. The van der Waals surface area contributed by atoms with Crippen molar-refractivity contribution in [3.05, 3.63) is 77.6 Å². The number of rotatable bonds is 7. The van der Waals surface area contributed by atoms with E-state index < -0.39 is 18.1 Å². The molecule has 2 aliphatic rings. The lowest BCUT2D eigenvalue weighted by Gasteiger charge is -2.17. The van der Waals surface area contributed by atoms with Crippen LogP contribution >= 0.6 is 0 Å². The second-order valence-electron chi connectivity index (χ2n) is 8.13. The fourth-order valence-electron chi connectivity index (χ4n) is 4.26. The van der Waals surface area contributed by atoms with E-state index in [1.165, 1.54) is 0 Å². The summed E-state index contributed by atoms with van der Waals surface area (Å²) in [4.78, 5) is 24.1. The zero-order valence-electron chi connectivity index (χ0n) is 16.9. The molecule has 5 rings (SSSR count). The molecule has 2 aromatic carbocycles. The molecule has 158 valence electrons. The van der Waals surface area contributed by atoms with E-state index in [4.69, 9.17) is 4.74 Å². The van der Waals surface area contributed by atoms with Crippen molar-refractivity contribution in [1.29, 1.82) is 0 Å². The van der Waals surface area contributed by atoms with Gasteiger partial charge in [0, 0.05) is 12.1 Å². The lowest BCUT2D eigenvalue weighted by Crippen LogP contribution is -2.44. The third kappa shape index (κ3) is 3.91. The molecular weight excluding hydrogens is 394 g/mol. The molecule has 7 heteroatoms. The van der Waals surface area contributed by atoms with Gasteiger partial charge in [-0.3, -0.25) is 4.68 Å². The Hall–Kier alpha value is -3.61. The second kappa shape index (κ2) is 7.91. The van der Waals surface area contributed by atoms with Gasteiger partial charge in [-0.2, -0.15) is 5.10 Å². The molecule has 3 aromatic rings. The van der Waals surface area contributed by atoms with Crippen molar-refractivity contribution in [2.24, 2.45) is 0 Å². The van der Waals surface area contributed by atoms with Crippen LogP contribution in [0, 0.1) is 0 Å². The highest BCUT2D eigenvalue weighted by Crippen LogP contribution is 2.44. The van der Waals surface area contributed by atoms with Crippen molar-refractivity contribution < 1.29 is 19.4 Å². The summed E-state index contributed by atoms with van der Waals surface area (Å²) >= 11 is 0. The van der Waals surface area contributed by atoms with Crippen molar-refractivity contribution in [3.63, 3.8) is 0 Å². The molecule has 0 saturated heterocycles. The van der Waals surface area contributed by atoms with Crippen molar-refractivity contribution in [1.82, 2.24) is 15.1 Å². The molecule has 0 bridgehead atoms. The van der Waals surface area contributed by atoms with E-state index in [9.17, 15) is 14.7 Å². The van der Waals surface area contributed by atoms with Gasteiger partial charge in [0.2, 0.25) is 0 Å². The quantitative estimate of drug-likeness (QED) is 0.611. The number of carbonyl (C=O) groups excluding carboxylic acids is 1. The number of amides is 1. The topological polar surface area (TPSA) is 93.5 Å². The molecule has 1 unspecified atom stereocenters. The second-order valence-corrected chi connectivity index (χ2v) is 8.13. The van der Waals surface area contributed by atoms with Gasteiger partial charge in [0.1, 0.15) is 12.6 Å². The smallest absolute Gasteiger partial charge is 0.407 e.